The van der Waals surface area contributed by atoms with Gasteiger partial charge in [-0.3, -0.25) is 4.79 Å². The van der Waals surface area contributed by atoms with Gasteiger partial charge in [-0.25, -0.2) is 0 Å². The van der Waals surface area contributed by atoms with Crippen molar-refractivity contribution in [3.63, 3.8) is 0 Å². The summed E-state index contributed by atoms with van der Waals surface area (Å²) in [7, 11) is 0. The predicted octanol–water partition coefficient (Wildman–Crippen LogP) is 2.93. The van der Waals surface area contributed by atoms with E-state index in [0.29, 0.717) is 24.1 Å². The Hall–Kier alpha value is -1.56. The molecule has 6 heteroatoms. The topological polar surface area (TPSA) is 49.3 Å². The Morgan fingerprint density at radius 1 is 1.29 bits per heavy atom. The Morgan fingerprint density at radius 2 is 1.90 bits per heavy atom. The number of nitrogens with one attached hydrogen (secondary N) is 1. The standard InChI is InChI=1S/C15H20F3NO2/c1-11(7-9-20)10-19-14(21)13-4-2-12(3-5-13)6-8-15(16,17)18/h2-5,11,20H,6-10H2,1H3,(H,19,21). The maximum atomic E-state index is 12.1. The molecule has 0 saturated carbocycles. The van der Waals surface area contributed by atoms with Crippen molar-refractivity contribution < 1.29 is 23.1 Å². The van der Waals surface area contributed by atoms with Crippen LogP contribution in [0.5, 0.6) is 0 Å². The number of aliphatic hydroxyl groups is 1. The molecule has 1 atom stereocenters. The van der Waals surface area contributed by atoms with Gasteiger partial charge in [-0.15, -0.1) is 0 Å². The Morgan fingerprint density at radius 3 is 2.43 bits per heavy atom. The van der Waals surface area contributed by atoms with Gasteiger partial charge in [0.1, 0.15) is 0 Å². The van der Waals surface area contributed by atoms with Gasteiger partial charge in [-0.05, 0) is 36.5 Å². The van der Waals surface area contributed by atoms with E-state index in [0.717, 1.165) is 0 Å². The third-order valence-electron chi connectivity index (χ3n) is 3.15. The van der Waals surface area contributed by atoms with E-state index in [1.807, 2.05) is 6.92 Å². The van der Waals surface area contributed by atoms with E-state index in [2.05, 4.69) is 5.32 Å². The molecule has 1 rings (SSSR count). The average Bonchev–Trinajstić information content (AvgIpc) is 2.42. The van der Waals surface area contributed by atoms with Gasteiger partial charge >= 0.3 is 6.18 Å². The van der Waals surface area contributed by atoms with E-state index >= 15 is 0 Å². The fourth-order valence-corrected chi connectivity index (χ4v) is 1.80. The molecule has 1 amide bonds. The number of amides is 1. The summed E-state index contributed by atoms with van der Waals surface area (Å²) < 4.78 is 36.3. The van der Waals surface area contributed by atoms with Crippen LogP contribution in [-0.2, 0) is 6.42 Å². The van der Waals surface area contributed by atoms with Crippen molar-refractivity contribution in [2.45, 2.75) is 32.4 Å². The zero-order valence-corrected chi connectivity index (χ0v) is 11.9. The van der Waals surface area contributed by atoms with Crippen LogP contribution in [0.3, 0.4) is 0 Å². The van der Waals surface area contributed by atoms with Gasteiger partial charge in [0.25, 0.3) is 5.91 Å². The fourth-order valence-electron chi connectivity index (χ4n) is 1.80. The van der Waals surface area contributed by atoms with Gasteiger partial charge in [0.2, 0.25) is 0 Å². The molecule has 3 nitrogen and oxygen atoms in total. The highest BCUT2D eigenvalue weighted by atomic mass is 19.4. The highest BCUT2D eigenvalue weighted by molar-refractivity contribution is 5.94. The molecule has 0 heterocycles. The smallest absolute Gasteiger partial charge is 0.389 e. The van der Waals surface area contributed by atoms with Gasteiger partial charge in [0, 0.05) is 25.1 Å². The first-order chi connectivity index (χ1) is 9.81. The first-order valence-electron chi connectivity index (χ1n) is 6.86. The molecule has 0 aromatic heterocycles. The van der Waals surface area contributed by atoms with E-state index in [9.17, 15) is 18.0 Å². The molecular formula is C15H20F3NO2. The van der Waals surface area contributed by atoms with Crippen LogP contribution in [0.15, 0.2) is 24.3 Å². The highest BCUT2D eigenvalue weighted by Gasteiger charge is 2.26. The quantitative estimate of drug-likeness (QED) is 0.813. The van der Waals surface area contributed by atoms with Crippen LogP contribution in [0.1, 0.15) is 35.7 Å². The van der Waals surface area contributed by atoms with E-state index in [1.165, 1.54) is 24.3 Å². The third kappa shape index (κ3) is 7.13. The van der Waals surface area contributed by atoms with Crippen LogP contribution >= 0.6 is 0 Å². The number of carbonyl (C=O) groups excluding carboxylic acids is 1. The lowest BCUT2D eigenvalue weighted by Crippen LogP contribution is -2.28. The van der Waals surface area contributed by atoms with Gasteiger partial charge < -0.3 is 10.4 Å². The molecule has 0 saturated heterocycles. The number of hydrogen-bond donors (Lipinski definition) is 2. The molecule has 0 aliphatic carbocycles. The molecular weight excluding hydrogens is 283 g/mol. The Balaban J connectivity index is 2.47. The SMILES string of the molecule is CC(CCO)CNC(=O)c1ccc(CCC(F)(F)F)cc1. The number of alkyl halides is 3. The van der Waals surface area contributed by atoms with E-state index in [4.69, 9.17) is 5.11 Å². The summed E-state index contributed by atoms with van der Waals surface area (Å²) in [4.78, 5) is 11.8. The van der Waals surface area contributed by atoms with Crippen LogP contribution in [0.4, 0.5) is 13.2 Å². The van der Waals surface area contributed by atoms with E-state index < -0.39 is 12.6 Å². The zero-order valence-electron chi connectivity index (χ0n) is 11.9. The normalized spacial score (nSPS) is 13.0. The largest absolute Gasteiger partial charge is 0.396 e. The van der Waals surface area contributed by atoms with Gasteiger partial charge in [0.05, 0.1) is 0 Å². The molecule has 0 bridgehead atoms. The monoisotopic (exact) mass is 303 g/mol. The Kier molecular flexibility index (Phi) is 6.68. The van der Waals surface area contributed by atoms with Gasteiger partial charge in [0.15, 0.2) is 0 Å². The number of rotatable bonds is 7. The number of hydrogen-bond acceptors (Lipinski definition) is 2. The second-order valence-corrected chi connectivity index (χ2v) is 5.14. The summed E-state index contributed by atoms with van der Waals surface area (Å²) >= 11 is 0. The average molecular weight is 303 g/mol. The van der Waals surface area contributed by atoms with Crippen LogP contribution in [0.2, 0.25) is 0 Å². The van der Waals surface area contributed by atoms with Crippen LogP contribution in [-0.4, -0.2) is 30.3 Å². The second-order valence-electron chi connectivity index (χ2n) is 5.14. The zero-order chi connectivity index (χ0) is 15.9. The number of carbonyl (C=O) groups is 1. The summed E-state index contributed by atoms with van der Waals surface area (Å²) in [6.07, 6.45) is -4.51. The molecule has 1 aromatic rings. The number of aliphatic hydroxyl groups excluding tert-OH is 1. The van der Waals surface area contributed by atoms with Gasteiger partial charge in [-0.1, -0.05) is 19.1 Å². The number of benzene rings is 1. The van der Waals surface area contributed by atoms with Crippen molar-refractivity contribution in [3.05, 3.63) is 35.4 Å². The van der Waals surface area contributed by atoms with Crippen molar-refractivity contribution in [1.29, 1.82) is 0 Å². The molecule has 2 N–H and O–H groups in total. The maximum Gasteiger partial charge on any atom is 0.389 e. The summed E-state index contributed by atoms with van der Waals surface area (Å²) in [5.41, 5.74) is 0.972. The summed E-state index contributed by atoms with van der Waals surface area (Å²) in [5, 5.41) is 11.5. The van der Waals surface area contributed by atoms with Crippen molar-refractivity contribution >= 4 is 5.91 Å². The first-order valence-corrected chi connectivity index (χ1v) is 6.86. The Labute approximate surface area is 122 Å². The van der Waals surface area contributed by atoms with Crippen LogP contribution in [0, 0.1) is 5.92 Å². The molecule has 0 fully saturated rings. The van der Waals surface area contributed by atoms with Crippen molar-refractivity contribution in [2.24, 2.45) is 5.92 Å². The molecule has 0 aliphatic rings. The maximum absolute atomic E-state index is 12.1. The Bertz CT molecular complexity index is 443. The van der Waals surface area contributed by atoms with Crippen molar-refractivity contribution in [3.8, 4) is 0 Å². The molecule has 0 spiro atoms. The molecule has 0 aliphatic heterocycles. The minimum absolute atomic E-state index is 0.0743. The number of aryl methyl sites for hydroxylation is 1. The lowest BCUT2D eigenvalue weighted by atomic mass is 10.1. The molecule has 21 heavy (non-hydrogen) atoms. The first kappa shape index (κ1) is 17.5. The third-order valence-corrected chi connectivity index (χ3v) is 3.15. The van der Waals surface area contributed by atoms with Crippen molar-refractivity contribution in [1.82, 2.24) is 5.32 Å². The summed E-state index contributed by atoms with van der Waals surface area (Å²) in [5.74, 6) is -0.0906. The van der Waals surface area contributed by atoms with Crippen LogP contribution < -0.4 is 5.32 Å². The van der Waals surface area contributed by atoms with Gasteiger partial charge in [-0.2, -0.15) is 13.2 Å². The second kappa shape index (κ2) is 8.02. The molecule has 1 aromatic carbocycles. The molecule has 118 valence electrons. The minimum atomic E-state index is -4.17. The summed E-state index contributed by atoms with van der Waals surface area (Å²) in [6.45, 7) is 2.44. The van der Waals surface area contributed by atoms with E-state index in [-0.39, 0.29) is 24.9 Å². The number of halogens is 3. The van der Waals surface area contributed by atoms with Crippen LogP contribution in [0.25, 0.3) is 0 Å². The van der Waals surface area contributed by atoms with Crippen molar-refractivity contribution in [2.75, 3.05) is 13.2 Å². The lowest BCUT2D eigenvalue weighted by Gasteiger charge is -2.11. The molecule has 1 unspecified atom stereocenters. The minimum Gasteiger partial charge on any atom is -0.396 e. The molecule has 0 radical (unpaired) electrons. The summed E-state index contributed by atoms with van der Waals surface area (Å²) in [6, 6.07) is 6.13. The van der Waals surface area contributed by atoms with E-state index in [1.54, 1.807) is 0 Å². The fraction of sp³-hybridized carbons (Fsp3) is 0.533. The highest BCUT2D eigenvalue weighted by Crippen LogP contribution is 2.22. The lowest BCUT2D eigenvalue weighted by molar-refractivity contribution is -0.134. The predicted molar refractivity (Wildman–Crippen MR) is 74.0 cm³/mol.